The first-order chi connectivity index (χ1) is 9.47. The van der Waals surface area contributed by atoms with Gasteiger partial charge < -0.3 is 10.4 Å². The molecule has 5 heteroatoms. The molecule has 1 unspecified atom stereocenters. The highest BCUT2D eigenvalue weighted by molar-refractivity contribution is 6.30. The van der Waals surface area contributed by atoms with Crippen LogP contribution in [0, 0.1) is 5.92 Å². The molecule has 0 bridgehead atoms. The van der Waals surface area contributed by atoms with Gasteiger partial charge in [-0.3, -0.25) is 9.59 Å². The van der Waals surface area contributed by atoms with Crippen LogP contribution in [0.25, 0.3) is 0 Å². The number of hydrogen-bond donors (Lipinski definition) is 2. The van der Waals surface area contributed by atoms with Crippen LogP contribution in [-0.2, 0) is 9.59 Å². The minimum Gasteiger partial charge on any atom is -0.481 e. The van der Waals surface area contributed by atoms with E-state index in [1.54, 1.807) is 12.1 Å². The van der Waals surface area contributed by atoms with Gasteiger partial charge in [0, 0.05) is 11.1 Å². The van der Waals surface area contributed by atoms with E-state index >= 15 is 0 Å². The Bertz CT molecular complexity index is 518. The highest BCUT2D eigenvalue weighted by Gasteiger charge is 2.31. The number of nitrogens with one attached hydrogen (secondary N) is 1. The van der Waals surface area contributed by atoms with Crippen molar-refractivity contribution in [2.24, 2.45) is 5.92 Å². The number of carboxylic acids is 1. The van der Waals surface area contributed by atoms with E-state index < -0.39 is 5.97 Å². The average Bonchev–Trinajstić information content (AvgIpc) is 2.86. The van der Waals surface area contributed by atoms with Crippen LogP contribution >= 0.6 is 11.6 Å². The number of benzene rings is 1. The highest BCUT2D eigenvalue weighted by atomic mass is 35.5. The van der Waals surface area contributed by atoms with E-state index in [0.29, 0.717) is 17.9 Å². The Morgan fingerprint density at radius 2 is 2.15 bits per heavy atom. The number of carbonyl (C=O) groups is 2. The lowest BCUT2D eigenvalue weighted by Gasteiger charge is -2.17. The SMILES string of the molecule is CC(C(=O)N[C@@H]1CC[C@H](C(=O)O)C1)c1cccc(Cl)c1. The summed E-state index contributed by atoms with van der Waals surface area (Å²) >= 11 is 5.92. The third kappa shape index (κ3) is 3.51. The van der Waals surface area contributed by atoms with E-state index in [1.165, 1.54) is 0 Å². The van der Waals surface area contributed by atoms with Crippen molar-refractivity contribution in [1.82, 2.24) is 5.32 Å². The highest BCUT2D eigenvalue weighted by Crippen LogP contribution is 2.27. The third-order valence-corrected chi connectivity index (χ3v) is 4.11. The molecule has 0 aromatic heterocycles. The molecule has 3 atom stereocenters. The van der Waals surface area contributed by atoms with Crippen LogP contribution in [0.4, 0.5) is 0 Å². The molecule has 108 valence electrons. The molecule has 2 N–H and O–H groups in total. The van der Waals surface area contributed by atoms with Crippen molar-refractivity contribution in [2.45, 2.75) is 38.1 Å². The number of amides is 1. The van der Waals surface area contributed by atoms with Gasteiger partial charge in [0.05, 0.1) is 11.8 Å². The first-order valence-electron chi connectivity index (χ1n) is 6.76. The smallest absolute Gasteiger partial charge is 0.306 e. The Labute approximate surface area is 123 Å². The van der Waals surface area contributed by atoms with Crippen LogP contribution in [0.15, 0.2) is 24.3 Å². The zero-order valence-electron chi connectivity index (χ0n) is 11.3. The summed E-state index contributed by atoms with van der Waals surface area (Å²) in [6, 6.07) is 7.19. The lowest BCUT2D eigenvalue weighted by molar-refractivity contribution is -0.141. The predicted molar refractivity (Wildman–Crippen MR) is 76.8 cm³/mol. The fourth-order valence-electron chi connectivity index (χ4n) is 2.59. The summed E-state index contributed by atoms with van der Waals surface area (Å²) in [6.07, 6.45) is 1.88. The second-order valence-electron chi connectivity index (χ2n) is 5.33. The summed E-state index contributed by atoms with van der Waals surface area (Å²) in [5.74, 6) is -1.48. The van der Waals surface area contributed by atoms with Crippen LogP contribution in [-0.4, -0.2) is 23.0 Å². The average molecular weight is 296 g/mol. The summed E-state index contributed by atoms with van der Waals surface area (Å²) in [5, 5.41) is 12.5. The number of rotatable bonds is 4. The minimum absolute atomic E-state index is 0.0368. The van der Waals surface area contributed by atoms with E-state index in [2.05, 4.69) is 5.32 Å². The lowest BCUT2D eigenvalue weighted by atomic mass is 10.00. The number of carbonyl (C=O) groups excluding carboxylic acids is 1. The molecule has 1 aromatic carbocycles. The molecule has 1 amide bonds. The maximum Gasteiger partial charge on any atom is 0.306 e. The van der Waals surface area contributed by atoms with Gasteiger partial charge in [0.2, 0.25) is 5.91 Å². The monoisotopic (exact) mass is 295 g/mol. The van der Waals surface area contributed by atoms with E-state index in [9.17, 15) is 9.59 Å². The Morgan fingerprint density at radius 1 is 1.40 bits per heavy atom. The second kappa shape index (κ2) is 6.27. The van der Waals surface area contributed by atoms with Crippen LogP contribution in [0.1, 0.15) is 37.7 Å². The molecule has 1 aliphatic carbocycles. The molecule has 4 nitrogen and oxygen atoms in total. The van der Waals surface area contributed by atoms with E-state index in [4.69, 9.17) is 16.7 Å². The van der Waals surface area contributed by atoms with Gasteiger partial charge in [-0.15, -0.1) is 0 Å². The quantitative estimate of drug-likeness (QED) is 0.897. The summed E-state index contributed by atoms with van der Waals surface area (Å²) in [7, 11) is 0. The number of halogens is 1. The fourth-order valence-corrected chi connectivity index (χ4v) is 2.79. The summed E-state index contributed by atoms with van der Waals surface area (Å²) in [4.78, 5) is 23.1. The van der Waals surface area contributed by atoms with Gasteiger partial charge in [-0.1, -0.05) is 23.7 Å². The predicted octanol–water partition coefficient (Wildman–Crippen LogP) is 2.81. The first-order valence-corrected chi connectivity index (χ1v) is 7.14. The zero-order chi connectivity index (χ0) is 14.7. The van der Waals surface area contributed by atoms with E-state index in [-0.39, 0.29) is 23.8 Å². The third-order valence-electron chi connectivity index (χ3n) is 3.87. The van der Waals surface area contributed by atoms with Crippen LogP contribution in [0.2, 0.25) is 5.02 Å². The summed E-state index contributed by atoms with van der Waals surface area (Å²) in [5.41, 5.74) is 0.864. The molecule has 0 heterocycles. The maximum absolute atomic E-state index is 12.2. The maximum atomic E-state index is 12.2. The fraction of sp³-hybridized carbons (Fsp3) is 0.467. The molecule has 0 spiro atoms. The number of hydrogen-bond acceptors (Lipinski definition) is 2. The molecule has 1 aromatic rings. The summed E-state index contributed by atoms with van der Waals surface area (Å²) < 4.78 is 0. The number of aliphatic carboxylic acids is 1. The van der Waals surface area contributed by atoms with Gasteiger partial charge >= 0.3 is 5.97 Å². The molecular formula is C15H18ClNO3. The lowest BCUT2D eigenvalue weighted by Crippen LogP contribution is -2.36. The topological polar surface area (TPSA) is 66.4 Å². The van der Waals surface area contributed by atoms with Crippen molar-refractivity contribution in [2.75, 3.05) is 0 Å². The molecule has 2 rings (SSSR count). The molecule has 0 radical (unpaired) electrons. The Hall–Kier alpha value is -1.55. The second-order valence-corrected chi connectivity index (χ2v) is 5.77. The van der Waals surface area contributed by atoms with Crippen molar-refractivity contribution in [1.29, 1.82) is 0 Å². The van der Waals surface area contributed by atoms with E-state index in [0.717, 1.165) is 12.0 Å². The normalized spacial score (nSPS) is 23.3. The van der Waals surface area contributed by atoms with Crippen molar-refractivity contribution in [3.8, 4) is 0 Å². The first kappa shape index (κ1) is 14.9. The minimum atomic E-state index is -0.773. The van der Waals surface area contributed by atoms with Crippen LogP contribution < -0.4 is 5.32 Å². The van der Waals surface area contributed by atoms with Gasteiger partial charge in [-0.25, -0.2) is 0 Å². The van der Waals surface area contributed by atoms with Gasteiger partial charge in [-0.2, -0.15) is 0 Å². The number of carboxylic acid groups (broad SMARTS) is 1. The van der Waals surface area contributed by atoms with Gasteiger partial charge in [0.25, 0.3) is 0 Å². The van der Waals surface area contributed by atoms with Crippen LogP contribution in [0.3, 0.4) is 0 Å². The molecule has 1 saturated carbocycles. The summed E-state index contributed by atoms with van der Waals surface area (Å²) in [6.45, 7) is 1.82. The molecule has 0 aliphatic heterocycles. The molecule has 0 saturated heterocycles. The molecule has 1 aliphatic rings. The zero-order valence-corrected chi connectivity index (χ0v) is 12.1. The largest absolute Gasteiger partial charge is 0.481 e. The van der Waals surface area contributed by atoms with Gasteiger partial charge in [0.15, 0.2) is 0 Å². The Kier molecular flexibility index (Phi) is 4.65. The standard InChI is InChI=1S/C15H18ClNO3/c1-9(10-3-2-4-12(16)7-10)14(18)17-13-6-5-11(8-13)15(19)20/h2-4,7,9,11,13H,5-6,8H2,1H3,(H,17,18)(H,19,20)/t9?,11-,13+/m0/s1. The van der Waals surface area contributed by atoms with E-state index in [1.807, 2.05) is 19.1 Å². The Morgan fingerprint density at radius 3 is 2.75 bits per heavy atom. The molecular weight excluding hydrogens is 278 g/mol. The van der Waals surface area contributed by atoms with Crippen molar-refractivity contribution < 1.29 is 14.7 Å². The van der Waals surface area contributed by atoms with Crippen molar-refractivity contribution >= 4 is 23.5 Å². The molecule has 20 heavy (non-hydrogen) atoms. The van der Waals surface area contributed by atoms with Gasteiger partial charge in [0.1, 0.15) is 0 Å². The van der Waals surface area contributed by atoms with Crippen molar-refractivity contribution in [3.63, 3.8) is 0 Å². The van der Waals surface area contributed by atoms with Crippen molar-refractivity contribution in [3.05, 3.63) is 34.9 Å². The molecule has 1 fully saturated rings. The van der Waals surface area contributed by atoms with Crippen LogP contribution in [0.5, 0.6) is 0 Å². The Balaban J connectivity index is 1.94. The van der Waals surface area contributed by atoms with Gasteiger partial charge in [-0.05, 0) is 43.9 Å².